The second-order valence-corrected chi connectivity index (χ2v) is 8.43. The zero-order valence-electron chi connectivity index (χ0n) is 17.7. The van der Waals surface area contributed by atoms with Gasteiger partial charge in [-0.05, 0) is 19.1 Å². The predicted octanol–water partition coefficient (Wildman–Crippen LogP) is 2.84. The Morgan fingerprint density at radius 2 is 1.94 bits per heavy atom. The van der Waals surface area contributed by atoms with Crippen LogP contribution in [0.2, 0.25) is 5.02 Å². The standard InChI is InChI=1S/C23H20ClN5O4/c1-23(12-32-13-23)27-20(30)15-9-5-6-10-17(15)33-11-16-18(24)21(31)29-22(25-16)26-19(28-29)14-7-3-2-4-8-14/h2-10H,11-13H2,1H3,(H,27,30)(H,25,26,28). The molecule has 0 radical (unpaired) electrons. The summed E-state index contributed by atoms with van der Waals surface area (Å²) in [7, 11) is 0. The first-order valence-electron chi connectivity index (χ1n) is 10.3. The second-order valence-electron chi connectivity index (χ2n) is 8.05. The van der Waals surface area contributed by atoms with Crippen molar-refractivity contribution in [1.82, 2.24) is 24.9 Å². The van der Waals surface area contributed by atoms with Crippen molar-refractivity contribution in [3.63, 3.8) is 0 Å². The number of para-hydroxylation sites is 1. The van der Waals surface area contributed by atoms with Crippen LogP contribution in [-0.4, -0.2) is 44.2 Å². The van der Waals surface area contributed by atoms with Crippen LogP contribution >= 0.6 is 11.6 Å². The number of halogens is 1. The van der Waals surface area contributed by atoms with E-state index in [1.807, 2.05) is 37.3 Å². The molecule has 0 aliphatic carbocycles. The molecule has 1 aliphatic rings. The largest absolute Gasteiger partial charge is 0.486 e. The Morgan fingerprint density at radius 3 is 2.67 bits per heavy atom. The van der Waals surface area contributed by atoms with Gasteiger partial charge in [-0.25, -0.2) is 0 Å². The van der Waals surface area contributed by atoms with Crippen molar-refractivity contribution >= 4 is 23.3 Å². The number of carbonyl (C=O) groups is 1. The Bertz CT molecular complexity index is 1400. The van der Waals surface area contributed by atoms with Crippen molar-refractivity contribution in [2.75, 3.05) is 13.2 Å². The van der Waals surface area contributed by atoms with Gasteiger partial charge >= 0.3 is 0 Å². The maximum Gasteiger partial charge on any atom is 0.294 e. The molecule has 33 heavy (non-hydrogen) atoms. The molecule has 168 valence electrons. The van der Waals surface area contributed by atoms with Crippen LogP contribution in [0, 0.1) is 0 Å². The van der Waals surface area contributed by atoms with Crippen LogP contribution in [0.4, 0.5) is 0 Å². The molecule has 1 amide bonds. The zero-order valence-corrected chi connectivity index (χ0v) is 18.4. The van der Waals surface area contributed by atoms with Gasteiger partial charge in [0, 0.05) is 5.56 Å². The average molecular weight is 466 g/mol. The first-order valence-corrected chi connectivity index (χ1v) is 10.7. The summed E-state index contributed by atoms with van der Waals surface area (Å²) in [4.78, 5) is 32.9. The molecule has 3 heterocycles. The van der Waals surface area contributed by atoms with Crippen LogP contribution in [0.1, 0.15) is 23.0 Å². The van der Waals surface area contributed by atoms with Crippen molar-refractivity contribution in [3.8, 4) is 17.1 Å². The van der Waals surface area contributed by atoms with E-state index in [9.17, 15) is 9.59 Å². The number of aromatic amines is 1. The van der Waals surface area contributed by atoms with Crippen molar-refractivity contribution in [2.24, 2.45) is 0 Å². The summed E-state index contributed by atoms with van der Waals surface area (Å²) in [5.41, 5.74) is 0.569. The second kappa shape index (κ2) is 8.34. The van der Waals surface area contributed by atoms with Gasteiger partial charge in [0.15, 0.2) is 5.82 Å². The van der Waals surface area contributed by atoms with E-state index in [-0.39, 0.29) is 23.3 Å². The van der Waals surface area contributed by atoms with Crippen molar-refractivity contribution in [3.05, 3.63) is 81.2 Å². The van der Waals surface area contributed by atoms with E-state index in [4.69, 9.17) is 21.1 Å². The van der Waals surface area contributed by atoms with E-state index in [2.05, 4.69) is 20.4 Å². The molecule has 0 atom stereocenters. The van der Waals surface area contributed by atoms with Crippen LogP contribution < -0.4 is 15.6 Å². The van der Waals surface area contributed by atoms with Crippen LogP contribution in [0.5, 0.6) is 5.75 Å². The summed E-state index contributed by atoms with van der Waals surface area (Å²) in [6.07, 6.45) is 0. The minimum absolute atomic E-state index is 0.0620. The maximum absolute atomic E-state index is 12.8. The average Bonchev–Trinajstić information content (AvgIpc) is 3.24. The number of nitrogens with zero attached hydrogens (tertiary/aromatic N) is 3. The highest BCUT2D eigenvalue weighted by molar-refractivity contribution is 6.31. The molecular weight excluding hydrogens is 446 g/mol. The lowest BCUT2D eigenvalue weighted by molar-refractivity contribution is -0.0594. The number of rotatable bonds is 6. The molecule has 0 bridgehead atoms. The molecule has 2 aromatic heterocycles. The van der Waals surface area contributed by atoms with E-state index in [0.29, 0.717) is 36.0 Å². The fraction of sp³-hybridized carbons (Fsp3) is 0.217. The van der Waals surface area contributed by atoms with Gasteiger partial charge in [0.2, 0.25) is 5.78 Å². The third-order valence-electron chi connectivity index (χ3n) is 5.31. The number of aromatic nitrogens is 4. The summed E-state index contributed by atoms with van der Waals surface area (Å²) in [6, 6.07) is 16.2. The lowest BCUT2D eigenvalue weighted by Crippen LogP contribution is -2.59. The van der Waals surface area contributed by atoms with E-state index >= 15 is 0 Å². The summed E-state index contributed by atoms with van der Waals surface area (Å²) in [5, 5.41) is 7.16. The Morgan fingerprint density at radius 1 is 1.21 bits per heavy atom. The summed E-state index contributed by atoms with van der Waals surface area (Å²) in [5.74, 6) is 0.734. The van der Waals surface area contributed by atoms with Gasteiger partial charge in [-0.2, -0.15) is 9.50 Å². The Kier molecular flexibility index (Phi) is 5.35. The van der Waals surface area contributed by atoms with Gasteiger partial charge in [0.1, 0.15) is 17.4 Å². The number of amides is 1. The highest BCUT2D eigenvalue weighted by Gasteiger charge is 2.35. The fourth-order valence-corrected chi connectivity index (χ4v) is 3.69. The van der Waals surface area contributed by atoms with Gasteiger partial charge in [-0.15, -0.1) is 5.10 Å². The topological polar surface area (TPSA) is 111 Å². The maximum atomic E-state index is 12.8. The lowest BCUT2D eigenvalue weighted by atomic mass is 10.00. The number of H-pyrrole nitrogens is 1. The van der Waals surface area contributed by atoms with Crippen LogP contribution in [-0.2, 0) is 11.3 Å². The Balaban J connectivity index is 1.41. The van der Waals surface area contributed by atoms with E-state index < -0.39 is 11.1 Å². The molecule has 10 heteroatoms. The summed E-state index contributed by atoms with van der Waals surface area (Å²) >= 11 is 6.30. The molecule has 0 unspecified atom stereocenters. The van der Waals surface area contributed by atoms with Crippen molar-refractivity contribution < 1.29 is 14.3 Å². The van der Waals surface area contributed by atoms with Gasteiger partial charge < -0.3 is 19.8 Å². The number of fused-ring (bicyclic) bond motifs is 1. The third kappa shape index (κ3) is 4.08. The third-order valence-corrected chi connectivity index (χ3v) is 5.70. The number of benzene rings is 2. The molecular formula is C23H20ClN5O4. The minimum atomic E-state index is -0.511. The van der Waals surface area contributed by atoms with E-state index in [1.54, 1.807) is 24.3 Å². The highest BCUT2D eigenvalue weighted by Crippen LogP contribution is 2.23. The van der Waals surface area contributed by atoms with Crippen molar-refractivity contribution in [2.45, 2.75) is 19.1 Å². The quantitative estimate of drug-likeness (QED) is 0.453. The minimum Gasteiger partial charge on any atom is -0.486 e. The SMILES string of the molecule is CC1(NC(=O)c2ccccc2OCc2[nH]c3nc(-c4ccccc4)nn3c(=O)c2Cl)COC1. The first kappa shape index (κ1) is 21.2. The van der Waals surface area contributed by atoms with E-state index in [1.165, 1.54) is 0 Å². The molecule has 1 fully saturated rings. The van der Waals surface area contributed by atoms with Crippen LogP contribution in [0.3, 0.4) is 0 Å². The summed E-state index contributed by atoms with van der Waals surface area (Å²) in [6.45, 7) is 2.77. The molecule has 4 aromatic rings. The van der Waals surface area contributed by atoms with E-state index in [0.717, 1.165) is 10.1 Å². The van der Waals surface area contributed by atoms with Crippen molar-refractivity contribution in [1.29, 1.82) is 0 Å². The number of hydrogen-bond donors (Lipinski definition) is 2. The normalized spacial score (nSPS) is 14.6. The molecule has 5 rings (SSSR count). The molecule has 1 saturated heterocycles. The lowest BCUT2D eigenvalue weighted by Gasteiger charge is -2.38. The number of ether oxygens (including phenoxy) is 2. The molecule has 0 saturated carbocycles. The summed E-state index contributed by atoms with van der Waals surface area (Å²) < 4.78 is 12.2. The van der Waals surface area contributed by atoms with Gasteiger partial charge in [-0.3, -0.25) is 9.59 Å². The zero-order chi connectivity index (χ0) is 23.0. The molecule has 2 aromatic carbocycles. The van der Waals surface area contributed by atoms with Gasteiger partial charge in [0.05, 0.1) is 30.0 Å². The molecule has 9 nitrogen and oxygen atoms in total. The molecule has 1 aliphatic heterocycles. The number of hydrogen-bond acceptors (Lipinski definition) is 6. The van der Waals surface area contributed by atoms with Crippen LogP contribution in [0.25, 0.3) is 17.2 Å². The smallest absolute Gasteiger partial charge is 0.294 e. The molecule has 0 spiro atoms. The number of carbonyl (C=O) groups excluding carboxylic acids is 1. The number of nitrogens with one attached hydrogen (secondary N) is 2. The van der Waals surface area contributed by atoms with Gasteiger partial charge in [-0.1, -0.05) is 54.1 Å². The Labute approximate surface area is 193 Å². The predicted molar refractivity (Wildman–Crippen MR) is 122 cm³/mol. The highest BCUT2D eigenvalue weighted by atomic mass is 35.5. The molecule has 2 N–H and O–H groups in total. The fourth-order valence-electron chi connectivity index (χ4n) is 3.51. The first-order chi connectivity index (χ1) is 15.9. The monoisotopic (exact) mass is 465 g/mol. The van der Waals surface area contributed by atoms with Crippen LogP contribution in [0.15, 0.2) is 59.4 Å². The van der Waals surface area contributed by atoms with Gasteiger partial charge in [0.25, 0.3) is 11.5 Å². The Hall–Kier alpha value is -3.69.